The highest BCUT2D eigenvalue weighted by atomic mass is 32.1. The fraction of sp³-hybridized carbons (Fsp3) is 0.583. The van der Waals surface area contributed by atoms with Crippen molar-refractivity contribution in [3.8, 4) is 6.07 Å². The van der Waals surface area contributed by atoms with Crippen LogP contribution in [0.3, 0.4) is 0 Å². The van der Waals surface area contributed by atoms with Gasteiger partial charge in [-0.3, -0.25) is 4.79 Å². The molecule has 0 bridgehead atoms. The molecule has 0 radical (unpaired) electrons. The van der Waals surface area contributed by atoms with Gasteiger partial charge in [-0.2, -0.15) is 5.26 Å². The molecule has 0 aliphatic heterocycles. The summed E-state index contributed by atoms with van der Waals surface area (Å²) in [4.78, 5) is 18.1. The van der Waals surface area contributed by atoms with Crippen molar-refractivity contribution in [2.45, 2.75) is 38.6 Å². The highest BCUT2D eigenvalue weighted by Crippen LogP contribution is 2.27. The fourth-order valence-electron chi connectivity index (χ4n) is 1.73. The minimum Gasteiger partial charge on any atom is -0.326 e. The zero-order chi connectivity index (χ0) is 12.3. The van der Waals surface area contributed by atoms with Crippen LogP contribution in [0.1, 0.15) is 30.5 Å². The van der Waals surface area contributed by atoms with E-state index in [0.717, 1.165) is 30.0 Å². The highest BCUT2D eigenvalue weighted by Gasteiger charge is 2.32. The van der Waals surface area contributed by atoms with Crippen LogP contribution in [-0.2, 0) is 17.6 Å². The van der Waals surface area contributed by atoms with Crippen molar-refractivity contribution in [1.82, 2.24) is 9.88 Å². The number of amides is 1. The summed E-state index contributed by atoms with van der Waals surface area (Å²) in [5.41, 5.74) is 0.834. The van der Waals surface area contributed by atoms with Crippen LogP contribution in [0.4, 0.5) is 0 Å². The van der Waals surface area contributed by atoms with Gasteiger partial charge in [-0.15, -0.1) is 11.3 Å². The Morgan fingerprint density at radius 2 is 2.47 bits per heavy atom. The van der Waals surface area contributed by atoms with Crippen molar-refractivity contribution < 1.29 is 4.79 Å². The molecule has 0 spiro atoms. The van der Waals surface area contributed by atoms with Gasteiger partial charge in [-0.05, 0) is 19.3 Å². The second-order valence-corrected chi connectivity index (χ2v) is 5.12. The topological polar surface area (TPSA) is 57.0 Å². The molecule has 0 N–H and O–H groups in total. The van der Waals surface area contributed by atoms with Crippen LogP contribution in [0.2, 0.25) is 0 Å². The van der Waals surface area contributed by atoms with Gasteiger partial charge < -0.3 is 4.90 Å². The van der Waals surface area contributed by atoms with Gasteiger partial charge in [-0.25, -0.2) is 4.98 Å². The Labute approximate surface area is 105 Å². The van der Waals surface area contributed by atoms with E-state index in [9.17, 15) is 4.79 Å². The van der Waals surface area contributed by atoms with Crippen LogP contribution in [0.15, 0.2) is 5.38 Å². The lowest BCUT2D eigenvalue weighted by molar-refractivity contribution is -0.130. The highest BCUT2D eigenvalue weighted by molar-refractivity contribution is 7.09. The average molecular weight is 249 g/mol. The minimum atomic E-state index is 0.0296. The summed E-state index contributed by atoms with van der Waals surface area (Å²) in [5, 5.41) is 11.7. The third-order valence-corrected chi connectivity index (χ3v) is 3.83. The predicted octanol–water partition coefficient (Wildman–Crippen LogP) is 1.76. The summed E-state index contributed by atoms with van der Waals surface area (Å²) in [6.45, 7) is 2.25. The second kappa shape index (κ2) is 5.28. The molecule has 1 aromatic rings. The van der Waals surface area contributed by atoms with Gasteiger partial charge >= 0.3 is 0 Å². The monoisotopic (exact) mass is 249 g/mol. The quantitative estimate of drug-likeness (QED) is 0.747. The molecule has 1 heterocycles. The van der Waals surface area contributed by atoms with Crippen molar-refractivity contribution in [3.63, 3.8) is 0 Å². The predicted molar refractivity (Wildman–Crippen MR) is 65.5 cm³/mol. The number of hydrogen-bond donors (Lipinski definition) is 0. The van der Waals surface area contributed by atoms with E-state index in [-0.39, 0.29) is 12.5 Å². The van der Waals surface area contributed by atoms with Crippen LogP contribution in [-0.4, -0.2) is 28.4 Å². The average Bonchev–Trinajstić information content (AvgIpc) is 3.06. The summed E-state index contributed by atoms with van der Waals surface area (Å²) in [6, 6.07) is 2.36. The van der Waals surface area contributed by atoms with Crippen molar-refractivity contribution in [1.29, 1.82) is 5.26 Å². The number of hydrogen-bond acceptors (Lipinski definition) is 4. The third kappa shape index (κ3) is 3.04. The molecule has 1 aliphatic carbocycles. The lowest BCUT2D eigenvalue weighted by Gasteiger charge is -2.18. The van der Waals surface area contributed by atoms with Crippen molar-refractivity contribution in [2.75, 3.05) is 6.54 Å². The van der Waals surface area contributed by atoms with Gasteiger partial charge in [0.2, 0.25) is 5.91 Å². The maximum Gasteiger partial charge on any atom is 0.229 e. The van der Waals surface area contributed by atoms with E-state index in [1.54, 1.807) is 16.2 Å². The lowest BCUT2D eigenvalue weighted by atomic mass is 10.3. The molecule has 0 aromatic carbocycles. The van der Waals surface area contributed by atoms with Crippen LogP contribution < -0.4 is 0 Å². The Morgan fingerprint density at radius 1 is 1.71 bits per heavy atom. The fourth-order valence-corrected chi connectivity index (χ4v) is 2.48. The van der Waals surface area contributed by atoms with Crippen LogP contribution in [0.25, 0.3) is 0 Å². The molecule has 17 heavy (non-hydrogen) atoms. The molecule has 4 nitrogen and oxygen atoms in total. The largest absolute Gasteiger partial charge is 0.326 e. The van der Waals surface area contributed by atoms with E-state index in [0.29, 0.717) is 12.5 Å². The molecule has 5 heteroatoms. The zero-order valence-electron chi connectivity index (χ0n) is 9.85. The molecule has 0 saturated heterocycles. The first-order chi connectivity index (χ1) is 8.24. The van der Waals surface area contributed by atoms with Gasteiger partial charge in [0.15, 0.2) is 0 Å². The lowest BCUT2D eigenvalue weighted by Crippen LogP contribution is -2.34. The van der Waals surface area contributed by atoms with Crippen molar-refractivity contribution >= 4 is 17.2 Å². The van der Waals surface area contributed by atoms with Gasteiger partial charge in [0.05, 0.1) is 23.2 Å². The Bertz CT molecular complexity index is 445. The molecule has 1 aliphatic rings. The number of nitrogens with zero attached hydrogens (tertiary/aromatic N) is 3. The number of aromatic nitrogens is 1. The summed E-state index contributed by atoms with van der Waals surface area (Å²) in [6.07, 6.45) is 3.30. The molecular weight excluding hydrogens is 234 g/mol. The summed E-state index contributed by atoms with van der Waals surface area (Å²) in [7, 11) is 0. The number of carbonyl (C=O) groups excluding carboxylic acids is 1. The van der Waals surface area contributed by atoms with E-state index in [2.05, 4.69) is 18.0 Å². The number of rotatable bonds is 5. The van der Waals surface area contributed by atoms with Gasteiger partial charge in [-0.1, -0.05) is 6.92 Å². The van der Waals surface area contributed by atoms with E-state index in [1.807, 2.05) is 5.38 Å². The first kappa shape index (κ1) is 12.1. The molecule has 1 saturated carbocycles. The Morgan fingerprint density at radius 3 is 3.00 bits per heavy atom. The van der Waals surface area contributed by atoms with Gasteiger partial charge in [0, 0.05) is 11.4 Å². The summed E-state index contributed by atoms with van der Waals surface area (Å²) >= 11 is 1.59. The first-order valence-electron chi connectivity index (χ1n) is 5.84. The molecule has 2 rings (SSSR count). The number of nitriles is 1. The normalized spacial score (nSPS) is 14.4. The first-order valence-corrected chi connectivity index (χ1v) is 6.72. The van der Waals surface area contributed by atoms with E-state index in [4.69, 9.17) is 5.26 Å². The van der Waals surface area contributed by atoms with E-state index >= 15 is 0 Å². The molecule has 90 valence electrons. The molecule has 1 amide bonds. The second-order valence-electron chi connectivity index (χ2n) is 4.17. The summed E-state index contributed by atoms with van der Waals surface area (Å²) in [5.74, 6) is 0.0296. The van der Waals surface area contributed by atoms with Gasteiger partial charge in [0.1, 0.15) is 6.54 Å². The molecular formula is C12H15N3OS. The van der Waals surface area contributed by atoms with E-state index in [1.165, 1.54) is 0 Å². The SMILES string of the molecule is CCc1nc(CC(=O)N(CC#N)C2CC2)cs1. The molecule has 1 aromatic heterocycles. The molecule has 0 unspecified atom stereocenters. The Balaban J connectivity index is 1.97. The smallest absolute Gasteiger partial charge is 0.229 e. The van der Waals surface area contributed by atoms with E-state index < -0.39 is 0 Å². The van der Waals surface area contributed by atoms with Crippen LogP contribution in [0, 0.1) is 11.3 Å². The Kier molecular flexibility index (Phi) is 3.75. The van der Waals surface area contributed by atoms with Gasteiger partial charge in [0.25, 0.3) is 0 Å². The molecule has 0 atom stereocenters. The third-order valence-electron chi connectivity index (χ3n) is 2.78. The molecule has 1 fully saturated rings. The number of aryl methyl sites for hydroxylation is 1. The van der Waals surface area contributed by atoms with Crippen molar-refractivity contribution in [3.05, 3.63) is 16.1 Å². The maximum atomic E-state index is 12.0. The van der Waals surface area contributed by atoms with Crippen molar-refractivity contribution in [2.24, 2.45) is 0 Å². The number of carbonyl (C=O) groups is 1. The minimum absolute atomic E-state index is 0.0296. The van der Waals surface area contributed by atoms with Crippen LogP contribution in [0.5, 0.6) is 0 Å². The zero-order valence-corrected chi connectivity index (χ0v) is 10.7. The standard InChI is InChI=1S/C12H15N3OS/c1-2-11-14-9(8-17-11)7-12(16)15(6-5-13)10-3-4-10/h8,10H,2-4,6-7H2,1H3. The van der Waals surface area contributed by atoms with Crippen LogP contribution >= 0.6 is 11.3 Å². The Hall–Kier alpha value is -1.41. The maximum absolute atomic E-state index is 12.0. The number of thiazole rings is 1. The summed E-state index contributed by atoms with van der Waals surface area (Å²) < 4.78 is 0.